The lowest BCUT2D eigenvalue weighted by Crippen LogP contribution is -2.40. The summed E-state index contributed by atoms with van der Waals surface area (Å²) in [7, 11) is 3.67. The van der Waals surface area contributed by atoms with Crippen LogP contribution in [-0.4, -0.2) is 117 Å². The van der Waals surface area contributed by atoms with E-state index in [2.05, 4.69) is 4.90 Å². The number of rotatable bonds is 6. The highest BCUT2D eigenvalue weighted by Gasteiger charge is 2.26. The summed E-state index contributed by atoms with van der Waals surface area (Å²) in [5.41, 5.74) is 0. The summed E-state index contributed by atoms with van der Waals surface area (Å²) in [5, 5.41) is 0. The van der Waals surface area contributed by atoms with E-state index in [-0.39, 0.29) is 13.4 Å². The first-order chi connectivity index (χ1) is 13.2. The van der Waals surface area contributed by atoms with Crippen molar-refractivity contribution in [2.75, 3.05) is 107 Å². The Labute approximate surface area is 163 Å². The molecule has 0 N–H and O–H groups in total. The highest BCUT2D eigenvalue weighted by Crippen LogP contribution is 2.13. The van der Waals surface area contributed by atoms with Crippen LogP contribution in [0.4, 0.5) is 0 Å². The molecule has 0 aromatic heterocycles. The van der Waals surface area contributed by atoms with Crippen LogP contribution >= 0.6 is 0 Å². The zero-order valence-corrected chi connectivity index (χ0v) is 17.1. The third kappa shape index (κ3) is 14.3. The van der Waals surface area contributed by atoms with Crippen LogP contribution in [0.2, 0.25) is 0 Å². The predicted octanol–water partition coefficient (Wildman–Crippen LogP) is 0.368. The first-order valence-electron chi connectivity index (χ1n) is 9.50. The maximum absolute atomic E-state index is 5.85. The molecule has 1 saturated heterocycles. The maximum atomic E-state index is 5.85. The molecule has 27 heavy (non-hydrogen) atoms. The van der Waals surface area contributed by atoms with E-state index in [0.29, 0.717) is 66.1 Å². The topological polar surface area (TPSA) is 77.1 Å². The fourth-order valence-electron chi connectivity index (χ4n) is 2.16. The molecule has 0 aromatic carbocycles. The lowest BCUT2D eigenvalue weighted by molar-refractivity contribution is -0.285. The summed E-state index contributed by atoms with van der Waals surface area (Å²) >= 11 is 0. The molecular weight excluding hydrogens is 358 g/mol. The molecule has 9 heteroatoms. The Morgan fingerprint density at radius 1 is 0.815 bits per heavy atom. The summed E-state index contributed by atoms with van der Waals surface area (Å²) < 4.78 is 44.2. The minimum absolute atomic E-state index is 0.0999. The van der Waals surface area contributed by atoms with E-state index in [4.69, 9.17) is 37.9 Å². The van der Waals surface area contributed by atoms with Gasteiger partial charge >= 0.3 is 0 Å². The summed E-state index contributed by atoms with van der Waals surface area (Å²) in [4.78, 5) is 2.17. The Morgan fingerprint density at radius 3 is 2.07 bits per heavy atom. The minimum Gasteiger partial charge on any atom is -0.382 e. The van der Waals surface area contributed by atoms with E-state index in [9.17, 15) is 0 Å². The van der Waals surface area contributed by atoms with Gasteiger partial charge in [-0.3, -0.25) is 0 Å². The van der Waals surface area contributed by atoms with Gasteiger partial charge in [0.2, 0.25) is 0 Å². The molecule has 1 atom stereocenters. The van der Waals surface area contributed by atoms with E-state index in [0.717, 1.165) is 13.1 Å². The average Bonchev–Trinajstić information content (AvgIpc) is 2.65. The molecule has 1 heterocycles. The third-order valence-electron chi connectivity index (χ3n) is 3.86. The SMILES string of the molecule is COCCOCOC1(C)COCCOCCOCCN(C)CCOCCO1. The molecule has 162 valence electrons. The van der Waals surface area contributed by atoms with Crippen molar-refractivity contribution < 1.29 is 37.9 Å². The zero-order valence-electron chi connectivity index (χ0n) is 17.1. The first-order valence-corrected chi connectivity index (χ1v) is 9.50. The van der Waals surface area contributed by atoms with Crippen molar-refractivity contribution in [1.82, 2.24) is 4.90 Å². The van der Waals surface area contributed by atoms with Crippen LogP contribution in [0.3, 0.4) is 0 Å². The van der Waals surface area contributed by atoms with E-state index < -0.39 is 5.79 Å². The van der Waals surface area contributed by atoms with Crippen LogP contribution in [0.5, 0.6) is 0 Å². The summed E-state index contributed by atoms with van der Waals surface area (Å²) in [5.74, 6) is -0.915. The number of hydrogen-bond donors (Lipinski definition) is 0. The van der Waals surface area contributed by atoms with Gasteiger partial charge in [-0.15, -0.1) is 0 Å². The highest BCUT2D eigenvalue weighted by atomic mass is 16.8. The fourth-order valence-corrected chi connectivity index (χ4v) is 2.16. The molecule has 0 saturated carbocycles. The third-order valence-corrected chi connectivity index (χ3v) is 3.86. The molecular formula is C18H37NO8. The van der Waals surface area contributed by atoms with Crippen LogP contribution in [0.1, 0.15) is 6.92 Å². The summed E-state index contributed by atoms with van der Waals surface area (Å²) in [6.07, 6.45) is 0. The summed E-state index contributed by atoms with van der Waals surface area (Å²) in [6, 6.07) is 0. The largest absolute Gasteiger partial charge is 0.382 e. The average molecular weight is 395 g/mol. The quantitative estimate of drug-likeness (QED) is 0.468. The lowest BCUT2D eigenvalue weighted by Gasteiger charge is -2.29. The van der Waals surface area contributed by atoms with Gasteiger partial charge in [-0.25, -0.2) is 0 Å². The number of likely N-dealkylation sites (N-methyl/N-ethyl adjacent to an activating group) is 1. The summed E-state index contributed by atoms with van der Waals surface area (Å²) in [6.45, 7) is 9.14. The van der Waals surface area contributed by atoms with Crippen LogP contribution in [0, 0.1) is 0 Å². The van der Waals surface area contributed by atoms with Crippen molar-refractivity contribution in [1.29, 1.82) is 0 Å². The molecule has 1 aliphatic heterocycles. The standard InChI is InChI=1S/C18H37NO8/c1-18(27-17-25-9-8-20-3)16-24-13-12-23-11-10-21-6-4-19(2)5-7-22-14-15-26-18/h4-17H2,1-3H3. The van der Waals surface area contributed by atoms with Crippen molar-refractivity contribution in [3.63, 3.8) is 0 Å². The van der Waals surface area contributed by atoms with Crippen molar-refractivity contribution in [2.45, 2.75) is 12.7 Å². The molecule has 0 spiro atoms. The van der Waals surface area contributed by atoms with Crippen LogP contribution in [-0.2, 0) is 37.9 Å². The molecule has 0 bridgehead atoms. The second-order valence-corrected chi connectivity index (χ2v) is 6.34. The molecule has 1 aliphatic rings. The zero-order chi connectivity index (χ0) is 19.6. The molecule has 0 aliphatic carbocycles. The van der Waals surface area contributed by atoms with Crippen molar-refractivity contribution in [3.8, 4) is 0 Å². The molecule has 0 amide bonds. The van der Waals surface area contributed by atoms with Gasteiger partial charge < -0.3 is 42.8 Å². The Kier molecular flexibility index (Phi) is 15.2. The Bertz CT molecular complexity index is 336. The second kappa shape index (κ2) is 16.6. The molecule has 1 fully saturated rings. The number of hydrogen-bond acceptors (Lipinski definition) is 9. The van der Waals surface area contributed by atoms with Crippen LogP contribution in [0.15, 0.2) is 0 Å². The number of ether oxygens (including phenoxy) is 8. The van der Waals surface area contributed by atoms with E-state index in [1.807, 2.05) is 14.0 Å². The fraction of sp³-hybridized carbons (Fsp3) is 1.00. The predicted molar refractivity (Wildman–Crippen MR) is 98.9 cm³/mol. The van der Waals surface area contributed by atoms with Crippen molar-refractivity contribution in [3.05, 3.63) is 0 Å². The van der Waals surface area contributed by atoms with Gasteiger partial charge in [0.15, 0.2) is 5.79 Å². The van der Waals surface area contributed by atoms with Gasteiger partial charge in [0.05, 0.1) is 66.1 Å². The Hall–Kier alpha value is -0.360. The second-order valence-electron chi connectivity index (χ2n) is 6.34. The van der Waals surface area contributed by atoms with Crippen molar-refractivity contribution in [2.24, 2.45) is 0 Å². The van der Waals surface area contributed by atoms with E-state index in [1.165, 1.54) is 0 Å². The molecule has 9 nitrogen and oxygen atoms in total. The van der Waals surface area contributed by atoms with Crippen molar-refractivity contribution >= 4 is 0 Å². The van der Waals surface area contributed by atoms with E-state index in [1.54, 1.807) is 7.11 Å². The van der Waals surface area contributed by atoms with Crippen LogP contribution < -0.4 is 0 Å². The molecule has 0 aromatic rings. The Balaban J connectivity index is 2.37. The van der Waals surface area contributed by atoms with Crippen LogP contribution in [0.25, 0.3) is 0 Å². The van der Waals surface area contributed by atoms with Gasteiger partial charge in [-0.2, -0.15) is 0 Å². The van der Waals surface area contributed by atoms with Gasteiger partial charge in [0, 0.05) is 20.2 Å². The van der Waals surface area contributed by atoms with Gasteiger partial charge in [0.25, 0.3) is 0 Å². The van der Waals surface area contributed by atoms with Gasteiger partial charge in [-0.1, -0.05) is 0 Å². The normalized spacial score (nSPS) is 26.3. The molecule has 1 unspecified atom stereocenters. The molecule has 1 rings (SSSR count). The minimum atomic E-state index is -0.915. The van der Waals surface area contributed by atoms with Gasteiger partial charge in [0.1, 0.15) is 13.4 Å². The first kappa shape index (κ1) is 24.7. The van der Waals surface area contributed by atoms with E-state index >= 15 is 0 Å². The monoisotopic (exact) mass is 395 g/mol. The number of nitrogens with zero attached hydrogens (tertiary/aromatic N) is 1. The highest BCUT2D eigenvalue weighted by molar-refractivity contribution is 4.62. The van der Waals surface area contributed by atoms with Gasteiger partial charge in [-0.05, 0) is 14.0 Å². The smallest absolute Gasteiger partial charge is 0.191 e. The maximum Gasteiger partial charge on any atom is 0.191 e. The molecule has 0 radical (unpaired) electrons. The lowest BCUT2D eigenvalue weighted by atomic mass is 10.3. The Morgan fingerprint density at radius 2 is 1.41 bits per heavy atom. The number of methoxy groups -OCH3 is 1.